The first kappa shape index (κ1) is 19.0. The van der Waals surface area contributed by atoms with Crippen molar-refractivity contribution in [3.8, 4) is 5.75 Å². The maximum absolute atomic E-state index is 12.8. The van der Waals surface area contributed by atoms with E-state index in [2.05, 4.69) is 4.72 Å². The van der Waals surface area contributed by atoms with Gasteiger partial charge in [-0.05, 0) is 49.2 Å². The molecule has 0 saturated heterocycles. The van der Waals surface area contributed by atoms with E-state index in [1.54, 1.807) is 12.1 Å². The Hall–Kier alpha value is -1.80. The Morgan fingerprint density at radius 2 is 1.77 bits per heavy atom. The standard InChI is InChI=1S/C17H16Cl2N2O4S/c1-21(11-4-6-12(22)7-5-11)17(23)13-8-16(15(19)9-14(13)18)26(24,25)20-10-2-3-10/h4-10,20,22H,2-3H2,1H3. The molecule has 0 spiro atoms. The van der Waals surface area contributed by atoms with Crippen molar-refractivity contribution in [2.45, 2.75) is 23.8 Å². The zero-order valence-electron chi connectivity index (χ0n) is 13.7. The minimum Gasteiger partial charge on any atom is -0.508 e. The molecule has 2 aromatic carbocycles. The molecule has 1 amide bonds. The Morgan fingerprint density at radius 3 is 2.35 bits per heavy atom. The number of halogens is 2. The molecular weight excluding hydrogens is 399 g/mol. The second-order valence-corrected chi connectivity index (χ2v) is 8.54. The second-order valence-electron chi connectivity index (χ2n) is 6.04. The number of aromatic hydroxyl groups is 1. The largest absolute Gasteiger partial charge is 0.508 e. The molecule has 1 aliphatic carbocycles. The molecule has 0 unspecified atom stereocenters. The number of nitrogens with zero attached hydrogens (tertiary/aromatic N) is 1. The topological polar surface area (TPSA) is 86.7 Å². The van der Waals surface area contributed by atoms with Crippen LogP contribution in [-0.4, -0.2) is 32.5 Å². The van der Waals surface area contributed by atoms with Gasteiger partial charge in [-0.1, -0.05) is 23.2 Å². The molecule has 0 atom stereocenters. The van der Waals surface area contributed by atoms with Crippen LogP contribution >= 0.6 is 23.2 Å². The fourth-order valence-corrected chi connectivity index (χ4v) is 4.52. The second kappa shape index (κ2) is 7.08. The normalized spacial score (nSPS) is 14.3. The molecule has 1 fully saturated rings. The van der Waals surface area contributed by atoms with Gasteiger partial charge in [0.1, 0.15) is 10.6 Å². The maximum atomic E-state index is 12.8. The summed E-state index contributed by atoms with van der Waals surface area (Å²) in [7, 11) is -2.32. The number of anilines is 1. The van der Waals surface area contributed by atoms with E-state index in [1.165, 1.54) is 36.2 Å². The van der Waals surface area contributed by atoms with Gasteiger partial charge in [0.25, 0.3) is 5.91 Å². The first-order valence-electron chi connectivity index (χ1n) is 7.77. The number of rotatable bonds is 5. The minimum absolute atomic E-state index is 0.0165. The number of hydrogen-bond donors (Lipinski definition) is 2. The molecule has 9 heteroatoms. The lowest BCUT2D eigenvalue weighted by atomic mass is 10.2. The Morgan fingerprint density at radius 1 is 1.15 bits per heavy atom. The van der Waals surface area contributed by atoms with E-state index in [9.17, 15) is 18.3 Å². The van der Waals surface area contributed by atoms with Crippen LogP contribution in [0.3, 0.4) is 0 Å². The molecule has 0 heterocycles. The van der Waals surface area contributed by atoms with Crippen molar-refractivity contribution >= 4 is 44.8 Å². The number of phenols is 1. The highest BCUT2D eigenvalue weighted by atomic mass is 35.5. The summed E-state index contributed by atoms with van der Waals surface area (Å²) in [6.07, 6.45) is 1.56. The van der Waals surface area contributed by atoms with Crippen LogP contribution < -0.4 is 9.62 Å². The molecule has 6 nitrogen and oxygen atoms in total. The molecule has 2 N–H and O–H groups in total. The number of benzene rings is 2. The molecule has 138 valence electrons. The van der Waals surface area contributed by atoms with E-state index in [4.69, 9.17) is 23.2 Å². The van der Waals surface area contributed by atoms with Crippen LogP contribution in [0.15, 0.2) is 41.3 Å². The first-order chi connectivity index (χ1) is 12.2. The highest BCUT2D eigenvalue weighted by Gasteiger charge is 2.30. The van der Waals surface area contributed by atoms with Gasteiger partial charge < -0.3 is 10.0 Å². The zero-order chi connectivity index (χ0) is 19.1. The number of carbonyl (C=O) groups excluding carboxylic acids is 1. The van der Waals surface area contributed by atoms with E-state index in [1.807, 2.05) is 0 Å². The van der Waals surface area contributed by atoms with Crippen LogP contribution in [-0.2, 0) is 10.0 Å². The predicted molar refractivity (Wildman–Crippen MR) is 101 cm³/mol. The summed E-state index contributed by atoms with van der Waals surface area (Å²) in [5, 5.41) is 9.36. The van der Waals surface area contributed by atoms with Gasteiger partial charge in [-0.2, -0.15) is 0 Å². The molecule has 0 radical (unpaired) electrons. The molecule has 1 saturated carbocycles. The minimum atomic E-state index is -3.84. The molecule has 0 aliphatic heterocycles. The average molecular weight is 415 g/mol. The van der Waals surface area contributed by atoms with Crippen LogP contribution in [0.5, 0.6) is 5.75 Å². The van der Waals surface area contributed by atoms with Crippen LogP contribution in [0, 0.1) is 0 Å². The summed E-state index contributed by atoms with van der Waals surface area (Å²) in [6, 6.07) is 8.35. The quantitative estimate of drug-likeness (QED) is 0.784. The van der Waals surface area contributed by atoms with Gasteiger partial charge in [-0.3, -0.25) is 4.79 Å². The third-order valence-electron chi connectivity index (χ3n) is 3.98. The summed E-state index contributed by atoms with van der Waals surface area (Å²) in [6.45, 7) is 0. The fourth-order valence-electron chi connectivity index (χ4n) is 2.36. The monoisotopic (exact) mass is 414 g/mol. The van der Waals surface area contributed by atoms with E-state index in [0.717, 1.165) is 12.8 Å². The van der Waals surface area contributed by atoms with E-state index in [-0.39, 0.29) is 32.3 Å². The average Bonchev–Trinajstić information content (AvgIpc) is 3.37. The Balaban J connectivity index is 1.97. The van der Waals surface area contributed by atoms with E-state index >= 15 is 0 Å². The van der Waals surface area contributed by atoms with Crippen molar-refractivity contribution in [1.82, 2.24) is 4.72 Å². The number of hydrogen-bond acceptors (Lipinski definition) is 4. The van der Waals surface area contributed by atoms with Crippen molar-refractivity contribution < 1.29 is 18.3 Å². The summed E-state index contributed by atoms with van der Waals surface area (Å²) >= 11 is 12.2. The van der Waals surface area contributed by atoms with Gasteiger partial charge in [0.15, 0.2) is 0 Å². The van der Waals surface area contributed by atoms with Crippen LogP contribution in [0.25, 0.3) is 0 Å². The SMILES string of the molecule is CN(C(=O)c1cc(S(=O)(=O)NC2CC2)c(Cl)cc1Cl)c1ccc(O)cc1. The van der Waals surface area contributed by atoms with Crippen molar-refractivity contribution in [3.63, 3.8) is 0 Å². The van der Waals surface area contributed by atoms with Gasteiger partial charge in [-0.25, -0.2) is 13.1 Å². The number of carbonyl (C=O) groups is 1. The lowest BCUT2D eigenvalue weighted by molar-refractivity contribution is 0.0993. The maximum Gasteiger partial charge on any atom is 0.259 e. The third-order valence-corrected chi connectivity index (χ3v) is 6.28. The van der Waals surface area contributed by atoms with Gasteiger partial charge in [0, 0.05) is 18.8 Å². The van der Waals surface area contributed by atoms with Crippen molar-refractivity contribution in [3.05, 3.63) is 52.0 Å². The van der Waals surface area contributed by atoms with Crippen molar-refractivity contribution in [2.24, 2.45) is 0 Å². The number of phenolic OH excluding ortho intramolecular Hbond substituents is 1. The molecule has 26 heavy (non-hydrogen) atoms. The van der Waals surface area contributed by atoms with Crippen LogP contribution in [0.2, 0.25) is 10.0 Å². The summed E-state index contributed by atoms with van der Waals surface area (Å²) in [5.41, 5.74) is 0.530. The van der Waals surface area contributed by atoms with Gasteiger partial charge in [0.2, 0.25) is 10.0 Å². The Bertz CT molecular complexity index is 957. The summed E-state index contributed by atoms with van der Waals surface area (Å²) in [5.74, 6) is -0.432. The summed E-state index contributed by atoms with van der Waals surface area (Å²) < 4.78 is 27.5. The van der Waals surface area contributed by atoms with Crippen molar-refractivity contribution in [2.75, 3.05) is 11.9 Å². The van der Waals surface area contributed by atoms with Gasteiger partial charge in [0.05, 0.1) is 15.6 Å². The first-order valence-corrected chi connectivity index (χ1v) is 10.0. The molecule has 2 aromatic rings. The Labute approximate surface area is 161 Å². The van der Waals surface area contributed by atoms with E-state index < -0.39 is 15.9 Å². The lowest BCUT2D eigenvalue weighted by Crippen LogP contribution is -2.28. The number of amides is 1. The number of nitrogens with one attached hydrogen (secondary N) is 1. The highest BCUT2D eigenvalue weighted by Crippen LogP contribution is 2.32. The fraction of sp³-hybridized carbons (Fsp3) is 0.235. The smallest absolute Gasteiger partial charge is 0.259 e. The van der Waals surface area contributed by atoms with Crippen LogP contribution in [0.4, 0.5) is 5.69 Å². The van der Waals surface area contributed by atoms with Gasteiger partial charge >= 0.3 is 0 Å². The van der Waals surface area contributed by atoms with Crippen molar-refractivity contribution in [1.29, 1.82) is 0 Å². The number of sulfonamides is 1. The Kier molecular flexibility index (Phi) is 5.16. The molecule has 0 bridgehead atoms. The lowest BCUT2D eigenvalue weighted by Gasteiger charge is -2.19. The predicted octanol–water partition coefficient (Wildman–Crippen LogP) is 3.42. The van der Waals surface area contributed by atoms with Crippen LogP contribution in [0.1, 0.15) is 23.2 Å². The zero-order valence-corrected chi connectivity index (χ0v) is 16.1. The van der Waals surface area contributed by atoms with E-state index in [0.29, 0.717) is 5.69 Å². The third kappa shape index (κ3) is 3.96. The molecule has 1 aliphatic rings. The summed E-state index contributed by atoms with van der Waals surface area (Å²) in [4.78, 5) is 13.9. The molecule has 0 aromatic heterocycles. The molecular formula is C17H16Cl2N2O4S. The van der Waals surface area contributed by atoms with Gasteiger partial charge in [-0.15, -0.1) is 0 Å². The molecule has 3 rings (SSSR count). The highest BCUT2D eigenvalue weighted by molar-refractivity contribution is 7.89.